The van der Waals surface area contributed by atoms with Crippen LogP contribution in [0.2, 0.25) is 0 Å². The fourth-order valence-corrected chi connectivity index (χ4v) is 3.82. The summed E-state index contributed by atoms with van der Waals surface area (Å²) >= 11 is 0. The lowest BCUT2D eigenvalue weighted by Crippen LogP contribution is -2.37. The third-order valence-corrected chi connectivity index (χ3v) is 5.29. The average Bonchev–Trinajstić information content (AvgIpc) is 3.17. The minimum absolute atomic E-state index is 0.100. The van der Waals surface area contributed by atoms with Crippen molar-refractivity contribution in [3.05, 3.63) is 11.7 Å². The Hall–Kier alpha value is -0.940. The largest absolute Gasteiger partial charge is 0.370 e. The van der Waals surface area contributed by atoms with Gasteiger partial charge in [-0.3, -0.25) is 0 Å². The van der Waals surface area contributed by atoms with E-state index in [4.69, 9.17) is 20.0 Å². The number of hydrogen-bond donors (Lipinski definition) is 1. The molecule has 1 heterocycles. The Morgan fingerprint density at radius 3 is 2.35 bits per heavy atom. The van der Waals surface area contributed by atoms with Crippen LogP contribution in [0, 0.1) is 0 Å². The molecule has 0 amide bonds. The Morgan fingerprint density at radius 2 is 1.75 bits per heavy atom. The van der Waals surface area contributed by atoms with Crippen molar-refractivity contribution >= 4 is 0 Å². The van der Waals surface area contributed by atoms with E-state index >= 15 is 0 Å². The van der Waals surface area contributed by atoms with Crippen molar-refractivity contribution in [1.29, 1.82) is 0 Å². The van der Waals surface area contributed by atoms with Crippen LogP contribution in [0.1, 0.15) is 69.5 Å². The Balaban J connectivity index is 1.89. The first kappa shape index (κ1) is 14.0. The number of aromatic nitrogens is 2. The minimum atomic E-state index is -0.327. The zero-order valence-electron chi connectivity index (χ0n) is 12.4. The SMILES string of the molecule is COC1(c2noc(C3(CN)CCCCC3)n2)CCCC1. The molecule has 5 heteroatoms. The van der Waals surface area contributed by atoms with Gasteiger partial charge in [0.15, 0.2) is 0 Å². The topological polar surface area (TPSA) is 74.2 Å². The predicted molar refractivity (Wildman–Crippen MR) is 75.3 cm³/mol. The number of nitrogens with two attached hydrogens (primary N) is 1. The Bertz CT molecular complexity index is 446. The third kappa shape index (κ3) is 2.17. The van der Waals surface area contributed by atoms with Gasteiger partial charge in [-0.05, 0) is 38.5 Å². The van der Waals surface area contributed by atoms with Gasteiger partial charge in [-0.2, -0.15) is 4.98 Å². The monoisotopic (exact) mass is 279 g/mol. The number of hydrogen-bond acceptors (Lipinski definition) is 5. The Morgan fingerprint density at radius 1 is 1.10 bits per heavy atom. The molecular weight excluding hydrogens is 254 g/mol. The van der Waals surface area contributed by atoms with E-state index in [1.54, 1.807) is 7.11 Å². The van der Waals surface area contributed by atoms with Crippen LogP contribution < -0.4 is 5.73 Å². The summed E-state index contributed by atoms with van der Waals surface area (Å²) in [4.78, 5) is 4.72. The number of rotatable bonds is 4. The van der Waals surface area contributed by atoms with Crippen LogP contribution >= 0.6 is 0 Å². The second-order valence-corrected chi connectivity index (χ2v) is 6.37. The lowest BCUT2D eigenvalue weighted by atomic mass is 9.74. The van der Waals surface area contributed by atoms with E-state index in [0.717, 1.165) is 37.4 Å². The van der Waals surface area contributed by atoms with E-state index in [1.807, 2.05) is 0 Å². The zero-order valence-corrected chi connectivity index (χ0v) is 12.4. The van der Waals surface area contributed by atoms with Crippen LogP contribution in [0.4, 0.5) is 0 Å². The maximum absolute atomic E-state index is 6.04. The summed E-state index contributed by atoms with van der Waals surface area (Å²) in [5, 5.41) is 4.24. The van der Waals surface area contributed by atoms with E-state index in [9.17, 15) is 0 Å². The van der Waals surface area contributed by atoms with Gasteiger partial charge in [0.2, 0.25) is 11.7 Å². The van der Waals surface area contributed by atoms with E-state index in [1.165, 1.54) is 32.1 Å². The highest BCUT2D eigenvalue weighted by Crippen LogP contribution is 2.42. The van der Waals surface area contributed by atoms with Gasteiger partial charge >= 0.3 is 0 Å². The summed E-state index contributed by atoms with van der Waals surface area (Å²) in [6, 6.07) is 0. The van der Waals surface area contributed by atoms with Crippen molar-refractivity contribution in [2.24, 2.45) is 5.73 Å². The second-order valence-electron chi connectivity index (χ2n) is 6.37. The molecule has 0 bridgehead atoms. The molecule has 0 radical (unpaired) electrons. The highest BCUT2D eigenvalue weighted by molar-refractivity contribution is 5.12. The molecule has 0 unspecified atom stereocenters. The predicted octanol–water partition coefficient (Wildman–Crippen LogP) is 2.65. The van der Waals surface area contributed by atoms with Crippen LogP contribution in [0.5, 0.6) is 0 Å². The Kier molecular flexibility index (Phi) is 3.82. The molecule has 0 aromatic carbocycles. The molecular formula is C15H25N3O2. The van der Waals surface area contributed by atoms with Crippen LogP contribution in [-0.4, -0.2) is 23.8 Å². The fraction of sp³-hybridized carbons (Fsp3) is 0.867. The molecule has 5 nitrogen and oxygen atoms in total. The van der Waals surface area contributed by atoms with Crippen molar-refractivity contribution in [2.75, 3.05) is 13.7 Å². The minimum Gasteiger partial charge on any atom is -0.370 e. The normalized spacial score (nSPS) is 24.9. The number of nitrogens with zero attached hydrogens (tertiary/aromatic N) is 2. The molecule has 112 valence electrons. The average molecular weight is 279 g/mol. The van der Waals surface area contributed by atoms with Gasteiger partial charge in [-0.25, -0.2) is 0 Å². The van der Waals surface area contributed by atoms with Crippen molar-refractivity contribution in [1.82, 2.24) is 10.1 Å². The van der Waals surface area contributed by atoms with E-state index < -0.39 is 0 Å². The highest BCUT2D eigenvalue weighted by Gasteiger charge is 2.43. The first-order valence-electron chi connectivity index (χ1n) is 7.85. The van der Waals surface area contributed by atoms with Crippen LogP contribution in [0.15, 0.2) is 4.52 Å². The quantitative estimate of drug-likeness (QED) is 0.917. The van der Waals surface area contributed by atoms with Gasteiger partial charge in [-0.15, -0.1) is 0 Å². The van der Waals surface area contributed by atoms with Crippen molar-refractivity contribution < 1.29 is 9.26 Å². The van der Waals surface area contributed by atoms with Gasteiger partial charge in [0.1, 0.15) is 5.60 Å². The summed E-state index contributed by atoms with van der Waals surface area (Å²) in [5.74, 6) is 1.46. The first-order chi connectivity index (χ1) is 9.75. The zero-order chi connectivity index (χ0) is 14.1. The van der Waals surface area contributed by atoms with E-state index in [-0.39, 0.29) is 11.0 Å². The lowest BCUT2D eigenvalue weighted by molar-refractivity contribution is -0.0178. The number of methoxy groups -OCH3 is 1. The molecule has 2 aliphatic carbocycles. The van der Waals surface area contributed by atoms with Crippen molar-refractivity contribution in [3.63, 3.8) is 0 Å². The van der Waals surface area contributed by atoms with Gasteiger partial charge in [0.25, 0.3) is 0 Å². The summed E-state index contributed by atoms with van der Waals surface area (Å²) in [6.45, 7) is 0.592. The van der Waals surface area contributed by atoms with Gasteiger partial charge in [-0.1, -0.05) is 24.4 Å². The molecule has 0 saturated heterocycles. The molecule has 0 atom stereocenters. The summed E-state index contributed by atoms with van der Waals surface area (Å²) in [6.07, 6.45) is 10.1. The van der Waals surface area contributed by atoms with Crippen LogP contribution in [0.25, 0.3) is 0 Å². The molecule has 3 rings (SSSR count). The summed E-state index contributed by atoms with van der Waals surface area (Å²) in [5.41, 5.74) is 5.61. The molecule has 2 N–H and O–H groups in total. The first-order valence-corrected chi connectivity index (χ1v) is 7.85. The summed E-state index contributed by atoms with van der Waals surface area (Å²) in [7, 11) is 1.75. The molecule has 20 heavy (non-hydrogen) atoms. The molecule has 1 aromatic heterocycles. The highest BCUT2D eigenvalue weighted by atomic mass is 16.5. The van der Waals surface area contributed by atoms with E-state index in [2.05, 4.69) is 5.16 Å². The van der Waals surface area contributed by atoms with Gasteiger partial charge < -0.3 is 15.0 Å². The molecule has 2 fully saturated rings. The second kappa shape index (κ2) is 5.45. The smallest absolute Gasteiger partial charge is 0.234 e. The summed E-state index contributed by atoms with van der Waals surface area (Å²) < 4.78 is 11.4. The van der Waals surface area contributed by atoms with Gasteiger partial charge in [0, 0.05) is 13.7 Å². The molecule has 0 spiro atoms. The number of ether oxygens (including phenoxy) is 1. The van der Waals surface area contributed by atoms with Crippen molar-refractivity contribution in [3.8, 4) is 0 Å². The molecule has 2 saturated carbocycles. The van der Waals surface area contributed by atoms with Crippen LogP contribution in [-0.2, 0) is 15.8 Å². The van der Waals surface area contributed by atoms with Crippen LogP contribution in [0.3, 0.4) is 0 Å². The fourth-order valence-electron chi connectivity index (χ4n) is 3.82. The maximum Gasteiger partial charge on any atom is 0.234 e. The molecule has 2 aliphatic rings. The third-order valence-electron chi connectivity index (χ3n) is 5.29. The lowest BCUT2D eigenvalue weighted by Gasteiger charge is -2.32. The molecule has 0 aliphatic heterocycles. The molecule has 1 aromatic rings. The Labute approximate surface area is 120 Å². The maximum atomic E-state index is 6.04. The van der Waals surface area contributed by atoms with E-state index in [0.29, 0.717) is 6.54 Å². The standard InChI is InChI=1S/C15H25N3O2/c1-19-15(9-5-6-10-15)12-17-13(20-18-12)14(11-16)7-3-2-4-8-14/h2-11,16H2,1H3. The van der Waals surface area contributed by atoms with Gasteiger partial charge in [0.05, 0.1) is 5.41 Å². The van der Waals surface area contributed by atoms with Crippen molar-refractivity contribution in [2.45, 2.75) is 68.8 Å².